The van der Waals surface area contributed by atoms with Gasteiger partial charge in [-0.25, -0.2) is 0 Å². The van der Waals surface area contributed by atoms with Crippen LogP contribution in [0.1, 0.15) is 59.8 Å². The summed E-state index contributed by atoms with van der Waals surface area (Å²) in [6, 6.07) is 0. The fraction of sp³-hybridized carbons (Fsp3) is 1.00. The van der Waals surface area contributed by atoms with Gasteiger partial charge in [0.2, 0.25) is 0 Å². The van der Waals surface area contributed by atoms with Gasteiger partial charge < -0.3 is 5.73 Å². The highest BCUT2D eigenvalue weighted by atomic mass is 14.7. The zero-order valence-corrected chi connectivity index (χ0v) is 9.69. The molecule has 1 rings (SSSR count). The van der Waals surface area contributed by atoms with Crippen LogP contribution in [0.5, 0.6) is 0 Å². The van der Waals surface area contributed by atoms with Crippen molar-refractivity contribution in [1.82, 2.24) is 0 Å². The first-order valence-electron chi connectivity index (χ1n) is 5.66. The Morgan fingerprint density at radius 2 is 1.92 bits per heavy atom. The molecule has 1 aliphatic carbocycles. The normalized spacial score (nSPS) is 46.4. The number of rotatable bonds is 2. The van der Waals surface area contributed by atoms with Crippen molar-refractivity contribution in [3.8, 4) is 0 Å². The molecule has 0 amide bonds. The van der Waals surface area contributed by atoms with E-state index in [-0.39, 0.29) is 5.54 Å². The van der Waals surface area contributed by atoms with Gasteiger partial charge >= 0.3 is 0 Å². The van der Waals surface area contributed by atoms with Gasteiger partial charge in [-0.05, 0) is 43.9 Å². The molecule has 1 fully saturated rings. The molecule has 0 aromatic heterocycles. The molecule has 0 bridgehead atoms. The molecular formula is C12H25N. The van der Waals surface area contributed by atoms with Crippen molar-refractivity contribution in [3.63, 3.8) is 0 Å². The Hall–Kier alpha value is -0.0400. The summed E-state index contributed by atoms with van der Waals surface area (Å²) < 4.78 is 0. The van der Waals surface area contributed by atoms with Gasteiger partial charge in [-0.2, -0.15) is 0 Å². The standard InChI is InChI=1S/C12H25N/c1-5-6-11(3)7-10(2)8-12(4,13)9-11/h10H,5-9,13H2,1-4H3/t10-,11-,12+/m0/s1. The van der Waals surface area contributed by atoms with Crippen molar-refractivity contribution in [3.05, 3.63) is 0 Å². The Bertz CT molecular complexity index is 174. The topological polar surface area (TPSA) is 26.0 Å². The van der Waals surface area contributed by atoms with Crippen molar-refractivity contribution in [2.45, 2.75) is 65.3 Å². The molecule has 0 spiro atoms. The van der Waals surface area contributed by atoms with Crippen molar-refractivity contribution >= 4 is 0 Å². The van der Waals surface area contributed by atoms with Gasteiger partial charge in [0, 0.05) is 5.54 Å². The molecule has 1 saturated carbocycles. The zero-order valence-electron chi connectivity index (χ0n) is 9.69. The summed E-state index contributed by atoms with van der Waals surface area (Å²) in [5.41, 5.74) is 6.87. The molecule has 0 unspecified atom stereocenters. The highest BCUT2D eigenvalue weighted by Crippen LogP contribution is 2.45. The van der Waals surface area contributed by atoms with Crippen LogP contribution >= 0.6 is 0 Å². The van der Waals surface area contributed by atoms with E-state index in [0.29, 0.717) is 5.41 Å². The van der Waals surface area contributed by atoms with Gasteiger partial charge in [0.05, 0.1) is 0 Å². The van der Waals surface area contributed by atoms with E-state index in [4.69, 9.17) is 5.73 Å². The van der Waals surface area contributed by atoms with Gasteiger partial charge in [0.25, 0.3) is 0 Å². The van der Waals surface area contributed by atoms with E-state index in [0.717, 1.165) is 5.92 Å². The van der Waals surface area contributed by atoms with E-state index >= 15 is 0 Å². The summed E-state index contributed by atoms with van der Waals surface area (Å²) >= 11 is 0. The molecule has 0 heterocycles. The molecule has 13 heavy (non-hydrogen) atoms. The highest BCUT2D eigenvalue weighted by Gasteiger charge is 2.39. The van der Waals surface area contributed by atoms with Crippen LogP contribution in [-0.2, 0) is 0 Å². The molecule has 3 atom stereocenters. The predicted octanol–water partition coefficient (Wildman–Crippen LogP) is 3.33. The third kappa shape index (κ3) is 2.98. The molecular weight excluding hydrogens is 158 g/mol. The molecule has 0 radical (unpaired) electrons. The van der Waals surface area contributed by atoms with E-state index in [1.54, 1.807) is 0 Å². The molecule has 0 aromatic rings. The number of nitrogens with two attached hydrogens (primary N) is 1. The van der Waals surface area contributed by atoms with Crippen molar-refractivity contribution in [2.75, 3.05) is 0 Å². The quantitative estimate of drug-likeness (QED) is 0.698. The first-order valence-corrected chi connectivity index (χ1v) is 5.66. The van der Waals surface area contributed by atoms with E-state index in [1.165, 1.54) is 32.1 Å². The minimum atomic E-state index is 0.0849. The van der Waals surface area contributed by atoms with Crippen LogP contribution in [0.15, 0.2) is 0 Å². The monoisotopic (exact) mass is 183 g/mol. The Kier molecular flexibility index (Phi) is 3.06. The minimum Gasteiger partial charge on any atom is -0.325 e. The van der Waals surface area contributed by atoms with Crippen molar-refractivity contribution in [1.29, 1.82) is 0 Å². The summed E-state index contributed by atoms with van der Waals surface area (Å²) in [6.45, 7) is 9.25. The van der Waals surface area contributed by atoms with Crippen molar-refractivity contribution < 1.29 is 0 Å². The Morgan fingerprint density at radius 3 is 2.38 bits per heavy atom. The molecule has 2 N–H and O–H groups in total. The van der Waals surface area contributed by atoms with Crippen LogP contribution in [0.25, 0.3) is 0 Å². The van der Waals surface area contributed by atoms with E-state index in [2.05, 4.69) is 27.7 Å². The van der Waals surface area contributed by atoms with Gasteiger partial charge in [-0.3, -0.25) is 0 Å². The van der Waals surface area contributed by atoms with E-state index in [9.17, 15) is 0 Å². The third-order valence-electron chi connectivity index (χ3n) is 3.34. The second-order valence-electron chi connectivity index (χ2n) is 5.90. The van der Waals surface area contributed by atoms with Gasteiger partial charge in [-0.15, -0.1) is 0 Å². The maximum absolute atomic E-state index is 6.27. The second-order valence-corrected chi connectivity index (χ2v) is 5.90. The van der Waals surface area contributed by atoms with E-state index < -0.39 is 0 Å². The van der Waals surface area contributed by atoms with Gasteiger partial charge in [0.1, 0.15) is 0 Å². The average molecular weight is 183 g/mol. The summed E-state index contributed by atoms with van der Waals surface area (Å²) in [4.78, 5) is 0. The maximum Gasteiger partial charge on any atom is 0.0133 e. The molecule has 0 aliphatic heterocycles. The first kappa shape index (κ1) is 11.0. The first-order chi connectivity index (χ1) is 5.87. The minimum absolute atomic E-state index is 0.0849. The molecule has 78 valence electrons. The van der Waals surface area contributed by atoms with Crippen LogP contribution in [0.4, 0.5) is 0 Å². The SMILES string of the molecule is CCC[C@@]1(C)C[C@H](C)C[C@@](C)(N)C1. The lowest BCUT2D eigenvalue weighted by Gasteiger charge is -2.45. The van der Waals surface area contributed by atoms with E-state index in [1.807, 2.05) is 0 Å². The Labute approximate surface area is 83.1 Å². The maximum atomic E-state index is 6.27. The molecule has 1 heteroatoms. The number of hydrogen-bond donors (Lipinski definition) is 1. The lowest BCUT2D eigenvalue weighted by Crippen LogP contribution is -2.47. The third-order valence-corrected chi connectivity index (χ3v) is 3.34. The van der Waals surface area contributed by atoms with Crippen LogP contribution in [0.3, 0.4) is 0 Å². The second kappa shape index (κ2) is 3.61. The van der Waals surface area contributed by atoms with Crippen LogP contribution in [-0.4, -0.2) is 5.54 Å². The van der Waals surface area contributed by atoms with Gasteiger partial charge in [-0.1, -0.05) is 27.2 Å². The Morgan fingerprint density at radius 1 is 1.31 bits per heavy atom. The Balaban J connectivity index is 2.66. The predicted molar refractivity (Wildman–Crippen MR) is 58.6 cm³/mol. The lowest BCUT2D eigenvalue weighted by atomic mass is 9.63. The molecule has 1 nitrogen and oxygen atoms in total. The summed E-state index contributed by atoms with van der Waals surface area (Å²) in [5.74, 6) is 0.806. The van der Waals surface area contributed by atoms with Crippen LogP contribution < -0.4 is 5.73 Å². The summed E-state index contributed by atoms with van der Waals surface area (Å²) in [6.07, 6.45) is 6.40. The smallest absolute Gasteiger partial charge is 0.0133 e. The largest absolute Gasteiger partial charge is 0.325 e. The fourth-order valence-corrected chi connectivity index (χ4v) is 3.62. The average Bonchev–Trinajstić information content (AvgIpc) is 1.78. The van der Waals surface area contributed by atoms with Crippen LogP contribution in [0, 0.1) is 11.3 Å². The summed E-state index contributed by atoms with van der Waals surface area (Å²) in [5, 5.41) is 0. The fourth-order valence-electron chi connectivity index (χ4n) is 3.62. The number of hydrogen-bond acceptors (Lipinski definition) is 1. The van der Waals surface area contributed by atoms with Gasteiger partial charge in [0.15, 0.2) is 0 Å². The lowest BCUT2D eigenvalue weighted by molar-refractivity contribution is 0.0928. The zero-order chi connectivity index (χ0) is 10.1. The summed E-state index contributed by atoms with van der Waals surface area (Å²) in [7, 11) is 0. The van der Waals surface area contributed by atoms with Crippen LogP contribution in [0.2, 0.25) is 0 Å². The molecule has 0 aromatic carbocycles. The molecule has 1 aliphatic rings. The molecule has 0 saturated heterocycles. The highest BCUT2D eigenvalue weighted by molar-refractivity contribution is 4.95. The van der Waals surface area contributed by atoms with Crippen molar-refractivity contribution in [2.24, 2.45) is 17.1 Å².